The normalized spacial score (nSPS) is 18.9. The lowest BCUT2D eigenvalue weighted by atomic mass is 10.1. The molecule has 0 saturated carbocycles. The fourth-order valence-electron chi connectivity index (χ4n) is 2.57. The van der Waals surface area contributed by atoms with Crippen LogP contribution in [0.25, 0.3) is 0 Å². The Labute approximate surface area is 131 Å². The first-order valence-corrected chi connectivity index (χ1v) is 7.81. The Morgan fingerprint density at radius 2 is 2.14 bits per heavy atom. The van der Waals surface area contributed by atoms with E-state index in [1.807, 2.05) is 24.3 Å². The molecule has 0 radical (unpaired) electrons. The molecule has 2 unspecified atom stereocenters. The van der Waals surface area contributed by atoms with Crippen molar-refractivity contribution in [2.45, 2.75) is 31.9 Å². The first-order valence-electron chi connectivity index (χ1n) is 7.81. The smallest absolute Gasteiger partial charge is 0.225 e. The van der Waals surface area contributed by atoms with Gasteiger partial charge >= 0.3 is 0 Å². The quantitative estimate of drug-likeness (QED) is 0.857. The van der Waals surface area contributed by atoms with Crippen LogP contribution < -0.4 is 10.6 Å². The van der Waals surface area contributed by atoms with Gasteiger partial charge in [-0.1, -0.05) is 30.3 Å². The molecule has 2 heterocycles. The standard InChI is InChI=1S/C17H22N4O/c1-13(14-6-3-2-4-7-14)20-17-18-10-9-16(21-17)19-12-15-8-5-11-22-15/h2-4,6-7,9-10,13,15H,5,8,11-12H2,1H3,(H2,18,19,20,21). The minimum Gasteiger partial charge on any atom is -0.376 e. The first kappa shape index (κ1) is 14.8. The van der Waals surface area contributed by atoms with E-state index in [0.29, 0.717) is 12.1 Å². The van der Waals surface area contributed by atoms with Gasteiger partial charge in [0.2, 0.25) is 5.95 Å². The number of hydrogen-bond donors (Lipinski definition) is 2. The van der Waals surface area contributed by atoms with Crippen LogP contribution >= 0.6 is 0 Å². The summed E-state index contributed by atoms with van der Waals surface area (Å²) in [6.07, 6.45) is 4.34. The molecule has 116 valence electrons. The third-order valence-electron chi connectivity index (χ3n) is 3.84. The second-order valence-electron chi connectivity index (χ2n) is 5.56. The Hall–Kier alpha value is -2.14. The molecule has 1 aromatic heterocycles. The second kappa shape index (κ2) is 7.22. The van der Waals surface area contributed by atoms with Gasteiger partial charge in [0.05, 0.1) is 12.1 Å². The zero-order valence-corrected chi connectivity index (χ0v) is 12.8. The third kappa shape index (κ3) is 3.95. The number of benzene rings is 1. The summed E-state index contributed by atoms with van der Waals surface area (Å²) in [5.41, 5.74) is 1.21. The maximum Gasteiger partial charge on any atom is 0.225 e. The van der Waals surface area contributed by atoms with E-state index < -0.39 is 0 Å². The summed E-state index contributed by atoms with van der Waals surface area (Å²) in [6.45, 7) is 3.77. The summed E-state index contributed by atoms with van der Waals surface area (Å²) in [5.74, 6) is 1.46. The van der Waals surface area contributed by atoms with E-state index in [1.165, 1.54) is 5.56 Å². The van der Waals surface area contributed by atoms with Crippen molar-refractivity contribution in [2.75, 3.05) is 23.8 Å². The summed E-state index contributed by atoms with van der Waals surface area (Å²) >= 11 is 0. The van der Waals surface area contributed by atoms with Crippen LogP contribution in [0.15, 0.2) is 42.6 Å². The van der Waals surface area contributed by atoms with Crippen molar-refractivity contribution in [1.82, 2.24) is 9.97 Å². The van der Waals surface area contributed by atoms with E-state index in [-0.39, 0.29) is 6.04 Å². The Morgan fingerprint density at radius 3 is 2.91 bits per heavy atom. The first-order chi connectivity index (χ1) is 10.8. The van der Waals surface area contributed by atoms with Crippen LogP contribution in [0.2, 0.25) is 0 Å². The summed E-state index contributed by atoms with van der Waals surface area (Å²) in [6, 6.07) is 12.3. The van der Waals surface area contributed by atoms with Gasteiger partial charge in [0.15, 0.2) is 0 Å². The number of ether oxygens (including phenoxy) is 1. The largest absolute Gasteiger partial charge is 0.376 e. The predicted octanol–water partition coefficient (Wildman–Crippen LogP) is 3.24. The maximum atomic E-state index is 5.61. The minimum absolute atomic E-state index is 0.162. The van der Waals surface area contributed by atoms with Crippen LogP contribution in [0, 0.1) is 0 Å². The van der Waals surface area contributed by atoms with Gasteiger partial charge in [-0.2, -0.15) is 4.98 Å². The molecule has 0 aliphatic carbocycles. The van der Waals surface area contributed by atoms with Crippen molar-refractivity contribution in [3.05, 3.63) is 48.2 Å². The Balaban J connectivity index is 1.58. The SMILES string of the molecule is CC(Nc1nccc(NCC2CCCO2)n1)c1ccccc1. The molecule has 1 aliphatic rings. The molecule has 1 aromatic carbocycles. The molecule has 0 spiro atoms. The highest BCUT2D eigenvalue weighted by Crippen LogP contribution is 2.17. The van der Waals surface area contributed by atoms with Crippen molar-refractivity contribution in [3.8, 4) is 0 Å². The highest BCUT2D eigenvalue weighted by molar-refractivity contribution is 5.41. The van der Waals surface area contributed by atoms with Crippen LogP contribution in [0.1, 0.15) is 31.4 Å². The lowest BCUT2D eigenvalue weighted by Gasteiger charge is -2.15. The topological polar surface area (TPSA) is 59.1 Å². The number of nitrogens with zero attached hydrogens (tertiary/aromatic N) is 2. The van der Waals surface area contributed by atoms with Gasteiger partial charge in [0.1, 0.15) is 5.82 Å². The zero-order valence-electron chi connectivity index (χ0n) is 12.8. The van der Waals surface area contributed by atoms with Crippen LogP contribution in [0.3, 0.4) is 0 Å². The number of nitrogens with one attached hydrogen (secondary N) is 2. The van der Waals surface area contributed by atoms with Gasteiger partial charge in [-0.05, 0) is 31.4 Å². The fourth-order valence-corrected chi connectivity index (χ4v) is 2.57. The monoisotopic (exact) mass is 298 g/mol. The summed E-state index contributed by atoms with van der Waals surface area (Å²) in [7, 11) is 0. The van der Waals surface area contributed by atoms with Crippen LogP contribution in [-0.4, -0.2) is 29.2 Å². The lowest BCUT2D eigenvalue weighted by Crippen LogP contribution is -2.19. The molecule has 1 fully saturated rings. The third-order valence-corrected chi connectivity index (χ3v) is 3.84. The van der Waals surface area contributed by atoms with Crippen LogP contribution in [-0.2, 0) is 4.74 Å². The highest BCUT2D eigenvalue weighted by atomic mass is 16.5. The van der Waals surface area contributed by atoms with Crippen molar-refractivity contribution in [1.29, 1.82) is 0 Å². The second-order valence-corrected chi connectivity index (χ2v) is 5.56. The molecule has 22 heavy (non-hydrogen) atoms. The Bertz CT molecular complexity index is 584. The molecule has 1 saturated heterocycles. The predicted molar refractivity (Wildman–Crippen MR) is 88.0 cm³/mol. The van der Waals surface area contributed by atoms with E-state index in [0.717, 1.165) is 31.8 Å². The lowest BCUT2D eigenvalue weighted by molar-refractivity contribution is 0.120. The molecule has 2 aromatic rings. The van der Waals surface area contributed by atoms with Gasteiger partial charge in [-0.25, -0.2) is 4.98 Å². The van der Waals surface area contributed by atoms with E-state index in [1.54, 1.807) is 6.20 Å². The molecule has 5 nitrogen and oxygen atoms in total. The molecule has 2 atom stereocenters. The van der Waals surface area contributed by atoms with Gasteiger partial charge in [0, 0.05) is 19.3 Å². The van der Waals surface area contributed by atoms with Crippen molar-refractivity contribution < 1.29 is 4.74 Å². The van der Waals surface area contributed by atoms with E-state index in [2.05, 4.69) is 39.7 Å². The number of aromatic nitrogens is 2. The molecule has 0 bridgehead atoms. The van der Waals surface area contributed by atoms with Crippen molar-refractivity contribution in [2.24, 2.45) is 0 Å². The van der Waals surface area contributed by atoms with Crippen molar-refractivity contribution in [3.63, 3.8) is 0 Å². The Kier molecular flexibility index (Phi) is 4.85. The van der Waals surface area contributed by atoms with E-state index in [9.17, 15) is 0 Å². The highest BCUT2D eigenvalue weighted by Gasteiger charge is 2.15. The molecule has 1 aliphatic heterocycles. The maximum absolute atomic E-state index is 5.61. The molecular weight excluding hydrogens is 276 g/mol. The van der Waals surface area contributed by atoms with Crippen molar-refractivity contribution >= 4 is 11.8 Å². The van der Waals surface area contributed by atoms with E-state index in [4.69, 9.17) is 4.74 Å². The molecule has 3 rings (SSSR count). The minimum atomic E-state index is 0.162. The Morgan fingerprint density at radius 1 is 1.27 bits per heavy atom. The number of anilines is 2. The molecule has 0 amide bonds. The van der Waals surface area contributed by atoms with Gasteiger partial charge in [-0.3, -0.25) is 0 Å². The van der Waals surface area contributed by atoms with Gasteiger partial charge in [0.25, 0.3) is 0 Å². The van der Waals surface area contributed by atoms with Crippen LogP contribution in [0.5, 0.6) is 0 Å². The summed E-state index contributed by atoms with van der Waals surface area (Å²) in [5, 5.41) is 6.66. The van der Waals surface area contributed by atoms with Gasteiger partial charge in [-0.15, -0.1) is 0 Å². The van der Waals surface area contributed by atoms with Gasteiger partial charge < -0.3 is 15.4 Å². The molecule has 5 heteroatoms. The average molecular weight is 298 g/mol. The fraction of sp³-hybridized carbons (Fsp3) is 0.412. The van der Waals surface area contributed by atoms with E-state index >= 15 is 0 Å². The number of rotatable bonds is 6. The summed E-state index contributed by atoms with van der Waals surface area (Å²) in [4.78, 5) is 8.80. The van der Waals surface area contributed by atoms with Crippen LogP contribution in [0.4, 0.5) is 11.8 Å². The molecule has 2 N–H and O–H groups in total. The molecular formula is C17H22N4O. The summed E-state index contributed by atoms with van der Waals surface area (Å²) < 4.78 is 5.61. The average Bonchev–Trinajstić information content (AvgIpc) is 3.08. The zero-order chi connectivity index (χ0) is 15.2. The number of hydrogen-bond acceptors (Lipinski definition) is 5.